The molecule has 166 valence electrons. The highest BCUT2D eigenvalue weighted by Gasteiger charge is 2.44. The van der Waals surface area contributed by atoms with Crippen LogP contribution in [0.5, 0.6) is 0 Å². The summed E-state index contributed by atoms with van der Waals surface area (Å²) in [6, 6.07) is 5.92. The first-order chi connectivity index (χ1) is 14.7. The Kier molecular flexibility index (Phi) is 6.16. The lowest BCUT2D eigenvalue weighted by atomic mass is 10.0. The van der Waals surface area contributed by atoms with Crippen LogP contribution < -0.4 is 5.73 Å². The lowest BCUT2D eigenvalue weighted by molar-refractivity contribution is -0.119. The Labute approximate surface area is 193 Å². The van der Waals surface area contributed by atoms with E-state index >= 15 is 0 Å². The van der Waals surface area contributed by atoms with Crippen molar-refractivity contribution >= 4 is 34.8 Å². The van der Waals surface area contributed by atoms with Crippen LogP contribution in [0.3, 0.4) is 0 Å². The number of hydrogen-bond acceptors (Lipinski definition) is 4. The molecule has 2 aliphatic rings. The number of halogens is 1. The molecular formula is C24H30ClN3O2S. The molecular weight excluding hydrogens is 430 g/mol. The van der Waals surface area contributed by atoms with Crippen LogP contribution >= 0.6 is 22.9 Å². The van der Waals surface area contributed by atoms with Crippen LogP contribution in [0.4, 0.5) is 0 Å². The van der Waals surface area contributed by atoms with E-state index in [4.69, 9.17) is 17.3 Å². The van der Waals surface area contributed by atoms with E-state index in [1.807, 2.05) is 43.9 Å². The minimum absolute atomic E-state index is 0.0747. The molecule has 31 heavy (non-hydrogen) atoms. The van der Waals surface area contributed by atoms with Gasteiger partial charge < -0.3 is 10.6 Å². The zero-order valence-electron chi connectivity index (χ0n) is 18.6. The molecule has 0 spiro atoms. The summed E-state index contributed by atoms with van der Waals surface area (Å²) in [5.74, 6) is 0.690. The quantitative estimate of drug-likeness (QED) is 0.726. The molecule has 0 saturated carbocycles. The number of hydrogen-bond donors (Lipinski definition) is 1. The number of aryl methyl sites for hydroxylation is 3. The minimum Gasteiger partial charge on any atom is -0.370 e. The first kappa shape index (κ1) is 22.3. The molecule has 1 aromatic carbocycles. The van der Waals surface area contributed by atoms with Gasteiger partial charge in [0.05, 0.1) is 5.56 Å². The van der Waals surface area contributed by atoms with Crippen molar-refractivity contribution in [2.24, 2.45) is 17.6 Å². The van der Waals surface area contributed by atoms with Gasteiger partial charge in [0.2, 0.25) is 5.91 Å². The van der Waals surface area contributed by atoms with E-state index in [1.54, 1.807) is 11.3 Å². The average molecular weight is 460 g/mol. The molecule has 5 nitrogen and oxygen atoms in total. The van der Waals surface area contributed by atoms with E-state index in [2.05, 4.69) is 11.8 Å². The zero-order valence-corrected chi connectivity index (χ0v) is 20.1. The van der Waals surface area contributed by atoms with E-state index in [1.165, 1.54) is 4.88 Å². The van der Waals surface area contributed by atoms with E-state index < -0.39 is 0 Å². The maximum Gasteiger partial charge on any atom is 0.255 e. The predicted octanol–water partition coefficient (Wildman–Crippen LogP) is 4.26. The second-order valence-corrected chi connectivity index (χ2v) is 10.9. The fourth-order valence-electron chi connectivity index (χ4n) is 5.18. The first-order valence-electron chi connectivity index (χ1n) is 10.8. The van der Waals surface area contributed by atoms with Crippen molar-refractivity contribution < 1.29 is 9.59 Å². The fourth-order valence-corrected chi connectivity index (χ4v) is 6.43. The highest BCUT2D eigenvalue weighted by molar-refractivity contribution is 7.12. The number of carbonyl (C=O) groups excluding carboxylic acids is 2. The summed E-state index contributed by atoms with van der Waals surface area (Å²) in [7, 11) is 0. The van der Waals surface area contributed by atoms with Crippen LogP contribution in [-0.2, 0) is 4.79 Å². The van der Waals surface area contributed by atoms with Crippen LogP contribution in [0.15, 0.2) is 18.2 Å². The monoisotopic (exact) mass is 459 g/mol. The molecule has 0 bridgehead atoms. The lowest BCUT2D eigenvalue weighted by Crippen LogP contribution is -2.36. The van der Waals surface area contributed by atoms with Gasteiger partial charge in [0.25, 0.3) is 5.91 Å². The Balaban J connectivity index is 1.48. The Morgan fingerprint density at radius 2 is 1.74 bits per heavy atom. The van der Waals surface area contributed by atoms with Crippen LogP contribution in [0, 0.1) is 39.5 Å². The number of nitrogens with two attached hydrogens (primary N) is 1. The molecule has 4 rings (SSSR count). The zero-order chi connectivity index (χ0) is 22.4. The van der Waals surface area contributed by atoms with Crippen LogP contribution in [-0.4, -0.2) is 47.8 Å². The Morgan fingerprint density at radius 1 is 1.10 bits per heavy atom. The van der Waals surface area contributed by atoms with Crippen LogP contribution in [0.2, 0.25) is 5.02 Å². The highest BCUT2D eigenvalue weighted by Crippen LogP contribution is 2.39. The second-order valence-electron chi connectivity index (χ2n) is 9.09. The SMILES string of the molecule is Cc1ccc(C(CC(N)=O)N2CC3CN(C(=O)c4c(C)sc(C)c4C)CC3C2)cc1Cl. The predicted molar refractivity (Wildman–Crippen MR) is 126 cm³/mol. The topological polar surface area (TPSA) is 66.6 Å². The first-order valence-corrected chi connectivity index (χ1v) is 12.0. The van der Waals surface area contributed by atoms with Crippen molar-refractivity contribution in [2.75, 3.05) is 26.2 Å². The molecule has 1 aromatic heterocycles. The Morgan fingerprint density at radius 3 is 2.26 bits per heavy atom. The number of amides is 2. The van der Waals surface area contributed by atoms with Crippen molar-refractivity contribution in [2.45, 2.75) is 40.2 Å². The number of thiophene rings is 1. The third kappa shape index (κ3) is 4.26. The number of benzene rings is 1. The lowest BCUT2D eigenvalue weighted by Gasteiger charge is -2.29. The van der Waals surface area contributed by atoms with Gasteiger partial charge in [0.15, 0.2) is 0 Å². The van der Waals surface area contributed by atoms with E-state index in [9.17, 15) is 9.59 Å². The van der Waals surface area contributed by atoms with Gasteiger partial charge in [-0.3, -0.25) is 14.5 Å². The standard InChI is InChI=1S/C24H30ClN3O2S/c1-13-5-6-17(7-20(13)25)21(8-22(26)29)27-9-18-11-28(12-19(18)10-27)24(30)23-14(2)15(3)31-16(23)4/h5-7,18-19,21H,8-12H2,1-4H3,(H2,26,29). The molecule has 2 fully saturated rings. The summed E-state index contributed by atoms with van der Waals surface area (Å²) in [4.78, 5) is 31.8. The van der Waals surface area contributed by atoms with E-state index in [0.717, 1.165) is 53.3 Å². The summed E-state index contributed by atoms with van der Waals surface area (Å²) >= 11 is 8.06. The van der Waals surface area contributed by atoms with Crippen molar-refractivity contribution in [3.05, 3.63) is 55.2 Å². The number of likely N-dealkylation sites (tertiary alicyclic amines) is 2. The maximum atomic E-state index is 13.2. The van der Waals surface area contributed by atoms with E-state index in [-0.39, 0.29) is 24.3 Å². The third-order valence-electron chi connectivity index (χ3n) is 6.99. The summed E-state index contributed by atoms with van der Waals surface area (Å²) < 4.78 is 0. The fraction of sp³-hybridized carbons (Fsp3) is 0.500. The molecule has 2 N–H and O–H groups in total. The second kappa shape index (κ2) is 8.57. The largest absolute Gasteiger partial charge is 0.370 e. The molecule has 3 unspecified atom stereocenters. The van der Waals surface area contributed by atoms with Crippen molar-refractivity contribution in [1.29, 1.82) is 0 Å². The summed E-state index contributed by atoms with van der Waals surface area (Å²) in [6.45, 7) is 11.4. The van der Waals surface area contributed by atoms with Gasteiger partial charge >= 0.3 is 0 Å². The van der Waals surface area contributed by atoms with Crippen molar-refractivity contribution in [3.8, 4) is 0 Å². The highest BCUT2D eigenvalue weighted by atomic mass is 35.5. The summed E-state index contributed by atoms with van der Waals surface area (Å²) in [5, 5.41) is 0.708. The molecule has 2 aliphatic heterocycles. The molecule has 0 aliphatic carbocycles. The summed E-state index contributed by atoms with van der Waals surface area (Å²) in [6.07, 6.45) is 0.272. The number of rotatable bonds is 5. The minimum atomic E-state index is -0.311. The number of primary amides is 1. The normalized spacial score (nSPS) is 22.0. The van der Waals surface area contributed by atoms with Crippen molar-refractivity contribution in [3.63, 3.8) is 0 Å². The van der Waals surface area contributed by atoms with E-state index in [0.29, 0.717) is 16.9 Å². The maximum absolute atomic E-state index is 13.2. The van der Waals surface area contributed by atoms with Gasteiger partial charge in [-0.1, -0.05) is 23.7 Å². The molecule has 3 heterocycles. The molecule has 0 radical (unpaired) electrons. The molecule has 3 atom stereocenters. The van der Waals surface area contributed by atoms with Gasteiger partial charge in [0, 0.05) is 53.4 Å². The van der Waals surface area contributed by atoms with Crippen LogP contribution in [0.1, 0.15) is 49.3 Å². The number of nitrogens with zero attached hydrogens (tertiary/aromatic N) is 2. The average Bonchev–Trinajstić information content (AvgIpc) is 3.33. The van der Waals surface area contributed by atoms with Gasteiger partial charge in [-0.05, 0) is 62.3 Å². The molecule has 2 amide bonds. The Hall–Kier alpha value is -1.89. The Bertz CT molecular complexity index is 1020. The molecule has 2 aromatic rings. The van der Waals surface area contributed by atoms with Gasteiger partial charge in [0.1, 0.15) is 0 Å². The van der Waals surface area contributed by atoms with Crippen LogP contribution in [0.25, 0.3) is 0 Å². The van der Waals surface area contributed by atoms with Gasteiger partial charge in [-0.15, -0.1) is 11.3 Å². The number of fused-ring (bicyclic) bond motifs is 1. The van der Waals surface area contributed by atoms with Crippen molar-refractivity contribution in [1.82, 2.24) is 9.80 Å². The third-order valence-corrected chi connectivity index (χ3v) is 8.52. The molecule has 2 saturated heterocycles. The van der Waals surface area contributed by atoms with Gasteiger partial charge in [-0.25, -0.2) is 0 Å². The van der Waals surface area contributed by atoms with Gasteiger partial charge in [-0.2, -0.15) is 0 Å². The summed E-state index contributed by atoms with van der Waals surface area (Å²) in [5.41, 5.74) is 9.64. The smallest absolute Gasteiger partial charge is 0.255 e. The molecule has 7 heteroatoms. The number of carbonyl (C=O) groups is 2.